The predicted octanol–water partition coefficient (Wildman–Crippen LogP) is 0.0330. The summed E-state index contributed by atoms with van der Waals surface area (Å²) in [5.41, 5.74) is 0.752. The van der Waals surface area contributed by atoms with Gasteiger partial charge in [0.2, 0.25) is 0 Å². The van der Waals surface area contributed by atoms with Gasteiger partial charge in [-0.2, -0.15) is 0 Å². The highest BCUT2D eigenvalue weighted by atomic mass is 16.1. The molecule has 0 fully saturated rings. The quantitative estimate of drug-likeness (QED) is 0.530. The number of fused-ring (bicyclic) bond motifs is 1. The molecule has 0 amide bonds. The Hall–Kier alpha value is -1.58. The number of hydrogen-bond acceptors (Lipinski definition) is 2. The summed E-state index contributed by atoms with van der Waals surface area (Å²) < 4.78 is 3.20. The number of rotatable bonds is 0. The molecule has 0 aromatic carbocycles. The lowest BCUT2D eigenvalue weighted by Crippen LogP contribution is -2.20. The third-order valence-corrected chi connectivity index (χ3v) is 1.67. The van der Waals surface area contributed by atoms with E-state index in [4.69, 9.17) is 0 Å². The van der Waals surface area contributed by atoms with E-state index in [1.165, 1.54) is 10.7 Å². The van der Waals surface area contributed by atoms with Gasteiger partial charge in [0, 0.05) is 25.5 Å². The first-order valence-corrected chi connectivity index (χ1v) is 3.28. The fourth-order valence-electron chi connectivity index (χ4n) is 1.04. The van der Waals surface area contributed by atoms with Crippen LogP contribution < -0.4 is 5.56 Å². The summed E-state index contributed by atoms with van der Waals surface area (Å²) in [6.07, 6.45) is 3.41. The molecule has 4 nitrogen and oxygen atoms in total. The van der Waals surface area contributed by atoms with Gasteiger partial charge in [-0.15, -0.1) is 0 Å². The smallest absolute Gasteiger partial charge is 0.265 e. The molecule has 2 rings (SSSR count). The molecule has 0 saturated carbocycles. The molecular weight excluding hydrogens is 142 g/mol. The van der Waals surface area contributed by atoms with E-state index in [1.54, 1.807) is 30.0 Å². The molecule has 0 atom stereocenters. The van der Waals surface area contributed by atoms with Gasteiger partial charge in [-0.25, -0.2) is 14.2 Å². The lowest BCUT2D eigenvalue weighted by molar-refractivity contribution is 0.659. The van der Waals surface area contributed by atoms with Crippen LogP contribution in [0.25, 0.3) is 5.65 Å². The molecule has 0 saturated heterocycles. The average Bonchev–Trinajstić information content (AvgIpc) is 2.45. The van der Waals surface area contributed by atoms with E-state index in [0.717, 1.165) is 5.65 Å². The lowest BCUT2D eigenvalue weighted by atomic mass is 10.5. The van der Waals surface area contributed by atoms with Gasteiger partial charge in [-0.05, 0) is 6.07 Å². The molecule has 0 aliphatic heterocycles. The second kappa shape index (κ2) is 1.95. The maximum Gasteiger partial charge on any atom is 0.265 e. The van der Waals surface area contributed by atoms with Gasteiger partial charge in [0.1, 0.15) is 0 Å². The summed E-state index contributed by atoms with van der Waals surface area (Å²) in [4.78, 5) is 15.1. The zero-order valence-electron chi connectivity index (χ0n) is 6.06. The topological polar surface area (TPSA) is 39.3 Å². The SMILES string of the molecule is Cn1c(=O)ccc2nccn21. The van der Waals surface area contributed by atoms with Crippen molar-refractivity contribution >= 4 is 5.65 Å². The van der Waals surface area contributed by atoms with Crippen LogP contribution in [0.2, 0.25) is 0 Å². The third kappa shape index (κ3) is 0.756. The highest BCUT2D eigenvalue weighted by Gasteiger charge is 1.95. The minimum atomic E-state index is -0.0319. The van der Waals surface area contributed by atoms with Crippen molar-refractivity contribution in [2.45, 2.75) is 0 Å². The number of aromatic nitrogens is 3. The molecule has 2 aromatic rings. The zero-order valence-corrected chi connectivity index (χ0v) is 6.06. The molecule has 0 radical (unpaired) electrons. The van der Waals surface area contributed by atoms with Crippen molar-refractivity contribution in [1.82, 2.24) is 14.2 Å². The van der Waals surface area contributed by atoms with Crippen molar-refractivity contribution in [3.8, 4) is 0 Å². The van der Waals surface area contributed by atoms with Crippen LogP contribution in [0.3, 0.4) is 0 Å². The molecule has 2 aromatic heterocycles. The highest BCUT2D eigenvalue weighted by molar-refractivity contribution is 5.34. The second-order valence-electron chi connectivity index (χ2n) is 2.33. The van der Waals surface area contributed by atoms with Gasteiger partial charge in [-0.3, -0.25) is 4.79 Å². The Morgan fingerprint density at radius 2 is 2.27 bits per heavy atom. The van der Waals surface area contributed by atoms with Crippen LogP contribution in [0.1, 0.15) is 0 Å². The molecule has 4 heteroatoms. The van der Waals surface area contributed by atoms with Crippen LogP contribution in [0.5, 0.6) is 0 Å². The Balaban J connectivity index is 3.04. The molecule has 0 aliphatic carbocycles. The van der Waals surface area contributed by atoms with E-state index in [0.29, 0.717) is 0 Å². The Bertz CT molecular complexity index is 440. The summed E-state index contributed by atoms with van der Waals surface area (Å²) in [6.45, 7) is 0. The fourth-order valence-corrected chi connectivity index (χ4v) is 1.04. The molecule has 0 N–H and O–H groups in total. The minimum Gasteiger partial charge on any atom is -0.268 e. The maximum atomic E-state index is 11.0. The Morgan fingerprint density at radius 1 is 1.45 bits per heavy atom. The number of imidazole rings is 1. The van der Waals surface area contributed by atoms with E-state index in [2.05, 4.69) is 4.98 Å². The molecule has 2 heterocycles. The average molecular weight is 149 g/mol. The lowest BCUT2D eigenvalue weighted by Gasteiger charge is -1.99. The second-order valence-corrected chi connectivity index (χ2v) is 2.33. The van der Waals surface area contributed by atoms with Gasteiger partial charge < -0.3 is 0 Å². The molecule has 0 spiro atoms. The number of hydrogen-bond donors (Lipinski definition) is 0. The van der Waals surface area contributed by atoms with Crippen LogP contribution in [-0.4, -0.2) is 14.2 Å². The van der Waals surface area contributed by atoms with Crippen molar-refractivity contribution in [3.63, 3.8) is 0 Å². The zero-order chi connectivity index (χ0) is 7.84. The van der Waals surface area contributed by atoms with Crippen molar-refractivity contribution in [2.24, 2.45) is 7.05 Å². The highest BCUT2D eigenvalue weighted by Crippen LogP contribution is 1.93. The monoisotopic (exact) mass is 149 g/mol. The number of nitrogens with zero attached hydrogens (tertiary/aromatic N) is 3. The fraction of sp³-hybridized carbons (Fsp3) is 0.143. The first-order valence-electron chi connectivity index (χ1n) is 3.28. The number of aryl methyl sites for hydroxylation is 1. The molecule has 0 bridgehead atoms. The van der Waals surface area contributed by atoms with Crippen LogP contribution in [0.4, 0.5) is 0 Å². The predicted molar refractivity (Wildman–Crippen MR) is 40.4 cm³/mol. The molecule has 0 unspecified atom stereocenters. The Morgan fingerprint density at radius 3 is 3.09 bits per heavy atom. The summed E-state index contributed by atoms with van der Waals surface area (Å²) >= 11 is 0. The van der Waals surface area contributed by atoms with E-state index in [-0.39, 0.29) is 5.56 Å². The largest absolute Gasteiger partial charge is 0.268 e. The first-order chi connectivity index (χ1) is 5.29. The molecule has 56 valence electrons. The van der Waals surface area contributed by atoms with E-state index in [1.807, 2.05) is 0 Å². The molecule has 11 heavy (non-hydrogen) atoms. The summed E-state index contributed by atoms with van der Waals surface area (Å²) in [5, 5.41) is 0. The van der Waals surface area contributed by atoms with E-state index in [9.17, 15) is 4.79 Å². The van der Waals surface area contributed by atoms with Crippen LogP contribution >= 0.6 is 0 Å². The molecule has 0 aliphatic rings. The van der Waals surface area contributed by atoms with Crippen LogP contribution in [-0.2, 0) is 7.05 Å². The minimum absolute atomic E-state index is 0.0319. The van der Waals surface area contributed by atoms with E-state index >= 15 is 0 Å². The summed E-state index contributed by atoms with van der Waals surface area (Å²) in [7, 11) is 1.71. The normalized spacial score (nSPS) is 10.6. The van der Waals surface area contributed by atoms with Crippen molar-refractivity contribution < 1.29 is 0 Å². The summed E-state index contributed by atoms with van der Waals surface area (Å²) in [6, 6.07) is 3.20. The van der Waals surface area contributed by atoms with Gasteiger partial charge in [0.25, 0.3) is 5.56 Å². The van der Waals surface area contributed by atoms with Gasteiger partial charge in [-0.1, -0.05) is 0 Å². The van der Waals surface area contributed by atoms with Gasteiger partial charge in [0.05, 0.1) is 0 Å². The van der Waals surface area contributed by atoms with Gasteiger partial charge in [0.15, 0.2) is 5.65 Å². The maximum absolute atomic E-state index is 11.0. The summed E-state index contributed by atoms with van der Waals surface area (Å²) in [5.74, 6) is 0. The van der Waals surface area contributed by atoms with Crippen molar-refractivity contribution in [3.05, 3.63) is 34.9 Å². The van der Waals surface area contributed by atoms with Crippen LogP contribution in [0.15, 0.2) is 29.3 Å². The Kier molecular flexibility index (Phi) is 1.09. The Labute approximate surface area is 62.7 Å². The van der Waals surface area contributed by atoms with Crippen molar-refractivity contribution in [1.29, 1.82) is 0 Å². The standard InChI is InChI=1S/C7H7N3O/c1-9-7(11)3-2-6-8-4-5-10(6)9/h2-5H,1H3. The van der Waals surface area contributed by atoms with Crippen molar-refractivity contribution in [2.75, 3.05) is 0 Å². The van der Waals surface area contributed by atoms with Crippen LogP contribution in [0, 0.1) is 0 Å². The van der Waals surface area contributed by atoms with Gasteiger partial charge >= 0.3 is 0 Å². The third-order valence-electron chi connectivity index (χ3n) is 1.67. The van der Waals surface area contributed by atoms with E-state index < -0.39 is 0 Å². The first kappa shape index (κ1) is 6.15. The molecular formula is C7H7N3O.